The number of rotatable bonds is 6. The van der Waals surface area contributed by atoms with Gasteiger partial charge in [-0.2, -0.15) is 0 Å². The molecule has 0 spiro atoms. The molecule has 0 aliphatic heterocycles. The van der Waals surface area contributed by atoms with Crippen LogP contribution in [-0.4, -0.2) is 35.3 Å². The second-order valence-corrected chi connectivity index (χ2v) is 6.05. The van der Waals surface area contributed by atoms with Gasteiger partial charge < -0.3 is 14.6 Å². The van der Waals surface area contributed by atoms with Gasteiger partial charge in [0.25, 0.3) is 0 Å². The number of amides is 1. The fourth-order valence-electron chi connectivity index (χ4n) is 2.71. The third kappa shape index (κ3) is 4.17. The molecule has 28 heavy (non-hydrogen) atoms. The van der Waals surface area contributed by atoms with Gasteiger partial charge in [0.05, 0.1) is 12.6 Å². The van der Waals surface area contributed by atoms with Crippen LogP contribution in [0.3, 0.4) is 0 Å². The molecule has 3 aromatic rings. The van der Waals surface area contributed by atoms with E-state index in [0.29, 0.717) is 16.7 Å². The summed E-state index contributed by atoms with van der Waals surface area (Å²) in [6.07, 6.45) is 0. The number of hydrogen-bond acceptors (Lipinski definition) is 6. The first-order chi connectivity index (χ1) is 13.5. The Labute approximate surface area is 161 Å². The lowest BCUT2D eigenvalue weighted by Crippen LogP contribution is -2.10. The van der Waals surface area contributed by atoms with Crippen molar-refractivity contribution in [2.24, 2.45) is 10.2 Å². The number of aromatic nitrogens is 1. The number of fused-ring (bicyclic) bond motifs is 1. The van der Waals surface area contributed by atoms with Gasteiger partial charge in [0.15, 0.2) is 12.3 Å². The molecule has 0 aliphatic rings. The highest BCUT2D eigenvalue weighted by molar-refractivity contribution is 5.96. The highest BCUT2D eigenvalue weighted by Gasteiger charge is 2.18. The van der Waals surface area contributed by atoms with E-state index in [1.165, 1.54) is 11.7 Å². The van der Waals surface area contributed by atoms with E-state index in [0.717, 1.165) is 5.56 Å². The Bertz CT molecular complexity index is 1060. The highest BCUT2D eigenvalue weighted by atomic mass is 16.5. The van der Waals surface area contributed by atoms with Gasteiger partial charge >= 0.3 is 11.9 Å². The monoisotopic (exact) mass is 381 g/mol. The van der Waals surface area contributed by atoms with Crippen LogP contribution in [0, 0.1) is 6.92 Å². The minimum atomic E-state index is -0.606. The van der Waals surface area contributed by atoms with Crippen molar-refractivity contribution in [1.82, 2.24) is 4.57 Å². The molecule has 1 N–H and O–H groups in total. The maximum Gasteiger partial charge on any atom is 0.325 e. The highest BCUT2D eigenvalue weighted by Crippen LogP contribution is 2.38. The van der Waals surface area contributed by atoms with Crippen LogP contribution in [0.5, 0.6) is 11.6 Å². The molecular weight excluding hydrogens is 362 g/mol. The third-order valence-electron chi connectivity index (χ3n) is 4.05. The van der Waals surface area contributed by atoms with E-state index in [2.05, 4.69) is 15.0 Å². The van der Waals surface area contributed by atoms with Crippen molar-refractivity contribution >= 4 is 28.5 Å². The molecular formula is C20H19N3O5. The summed E-state index contributed by atoms with van der Waals surface area (Å²) >= 11 is 0. The van der Waals surface area contributed by atoms with E-state index in [4.69, 9.17) is 4.74 Å². The molecule has 1 amide bonds. The lowest BCUT2D eigenvalue weighted by atomic mass is 10.2. The number of carbonyl (C=O) groups excluding carboxylic acids is 2. The van der Waals surface area contributed by atoms with Crippen LogP contribution >= 0.6 is 0 Å². The molecule has 0 saturated heterocycles. The minimum absolute atomic E-state index is 0.100. The molecule has 8 heteroatoms. The Morgan fingerprint density at radius 3 is 2.68 bits per heavy atom. The Balaban J connectivity index is 1.80. The quantitative estimate of drug-likeness (QED) is 0.520. The van der Waals surface area contributed by atoms with Gasteiger partial charge in [-0.25, -0.2) is 0 Å². The summed E-state index contributed by atoms with van der Waals surface area (Å²) in [6, 6.07) is 14.2. The van der Waals surface area contributed by atoms with Gasteiger partial charge in [0, 0.05) is 5.39 Å². The molecule has 1 heterocycles. The maximum absolute atomic E-state index is 12.0. The molecule has 1 aromatic heterocycles. The number of ether oxygens (including phenoxy) is 2. The number of aromatic hydroxyl groups is 1. The Morgan fingerprint density at radius 2 is 1.93 bits per heavy atom. The Morgan fingerprint density at radius 1 is 1.14 bits per heavy atom. The summed E-state index contributed by atoms with van der Waals surface area (Å²) in [5, 5.41) is 18.5. The van der Waals surface area contributed by atoms with Gasteiger partial charge in [0.2, 0.25) is 5.88 Å². The molecule has 0 bridgehead atoms. The van der Waals surface area contributed by atoms with Crippen LogP contribution in [0.15, 0.2) is 58.8 Å². The molecule has 0 unspecified atom stereocenters. The van der Waals surface area contributed by atoms with Gasteiger partial charge in [-0.1, -0.05) is 30.3 Å². The maximum atomic E-state index is 12.0. The van der Waals surface area contributed by atoms with Gasteiger partial charge in [-0.15, -0.1) is 10.2 Å². The van der Waals surface area contributed by atoms with E-state index in [-0.39, 0.29) is 24.7 Å². The second kappa shape index (κ2) is 8.34. The van der Waals surface area contributed by atoms with E-state index >= 15 is 0 Å². The largest absolute Gasteiger partial charge is 0.493 e. The smallest absolute Gasteiger partial charge is 0.325 e. The van der Waals surface area contributed by atoms with Gasteiger partial charge in [0.1, 0.15) is 12.3 Å². The molecule has 0 fully saturated rings. The zero-order valence-electron chi connectivity index (χ0n) is 15.5. The van der Waals surface area contributed by atoms with Crippen LogP contribution in [0.4, 0.5) is 5.69 Å². The van der Waals surface area contributed by atoms with Crippen molar-refractivity contribution in [2.75, 3.05) is 13.7 Å². The fourth-order valence-corrected chi connectivity index (χ4v) is 2.71. The van der Waals surface area contributed by atoms with E-state index in [9.17, 15) is 14.7 Å². The van der Waals surface area contributed by atoms with Crippen LogP contribution in [0.2, 0.25) is 0 Å². The van der Waals surface area contributed by atoms with Crippen molar-refractivity contribution in [2.45, 2.75) is 13.5 Å². The van der Waals surface area contributed by atoms with Crippen LogP contribution < -0.4 is 4.74 Å². The number of carbonyl (C=O) groups is 2. The third-order valence-corrected chi connectivity index (χ3v) is 4.05. The van der Waals surface area contributed by atoms with Crippen LogP contribution in [-0.2, 0) is 20.9 Å². The summed E-state index contributed by atoms with van der Waals surface area (Å²) in [6.45, 7) is 1.44. The molecule has 2 aromatic carbocycles. The SMILES string of the molecule is COC(=O)Cn1c(O)c(N=NC(=O)COc2cccc(C)c2)c2ccccc21. The Hall–Kier alpha value is -3.68. The van der Waals surface area contributed by atoms with Gasteiger partial charge in [-0.05, 0) is 30.7 Å². The molecule has 0 radical (unpaired) electrons. The zero-order chi connectivity index (χ0) is 20.1. The van der Waals surface area contributed by atoms with Gasteiger partial charge in [-0.3, -0.25) is 14.2 Å². The average Bonchev–Trinajstić information content (AvgIpc) is 2.96. The molecule has 8 nitrogen and oxygen atoms in total. The topological polar surface area (TPSA) is 102 Å². The number of aryl methyl sites for hydroxylation is 1. The number of nitrogens with zero attached hydrogens (tertiary/aromatic N) is 3. The van der Waals surface area contributed by atoms with Crippen LogP contribution in [0.25, 0.3) is 10.9 Å². The van der Waals surface area contributed by atoms with Crippen molar-refractivity contribution in [3.05, 3.63) is 54.1 Å². The minimum Gasteiger partial charge on any atom is -0.493 e. The summed E-state index contributed by atoms with van der Waals surface area (Å²) in [4.78, 5) is 23.6. The average molecular weight is 381 g/mol. The lowest BCUT2D eigenvalue weighted by molar-refractivity contribution is -0.141. The van der Waals surface area contributed by atoms with E-state index < -0.39 is 11.9 Å². The fraction of sp³-hybridized carbons (Fsp3) is 0.200. The van der Waals surface area contributed by atoms with E-state index in [1.807, 2.05) is 19.1 Å². The zero-order valence-corrected chi connectivity index (χ0v) is 15.5. The van der Waals surface area contributed by atoms with Crippen LogP contribution in [0.1, 0.15) is 5.56 Å². The number of para-hydroxylation sites is 1. The number of benzene rings is 2. The number of hydrogen-bond donors (Lipinski definition) is 1. The number of azo groups is 1. The normalized spacial score (nSPS) is 11.1. The number of esters is 1. The first-order valence-electron chi connectivity index (χ1n) is 8.50. The van der Waals surface area contributed by atoms with E-state index in [1.54, 1.807) is 36.4 Å². The summed E-state index contributed by atoms with van der Waals surface area (Å²) in [5.41, 5.74) is 1.68. The molecule has 3 rings (SSSR count). The standard InChI is InChI=1S/C20H19N3O5/c1-13-6-5-7-14(10-13)28-12-17(24)21-22-19-15-8-3-4-9-16(15)23(20(19)26)11-18(25)27-2/h3-10,26H,11-12H2,1-2H3. The first-order valence-corrected chi connectivity index (χ1v) is 8.50. The summed E-state index contributed by atoms with van der Waals surface area (Å²) < 4.78 is 11.4. The summed E-state index contributed by atoms with van der Waals surface area (Å²) in [7, 11) is 1.26. The second-order valence-electron chi connectivity index (χ2n) is 6.05. The van der Waals surface area contributed by atoms with Crippen molar-refractivity contribution in [1.29, 1.82) is 0 Å². The van der Waals surface area contributed by atoms with Crippen molar-refractivity contribution in [3.8, 4) is 11.6 Å². The Kier molecular flexibility index (Phi) is 5.69. The molecule has 0 aliphatic carbocycles. The molecule has 0 atom stereocenters. The van der Waals surface area contributed by atoms with Crippen molar-refractivity contribution < 1.29 is 24.2 Å². The number of methoxy groups -OCH3 is 1. The summed E-state index contributed by atoms with van der Waals surface area (Å²) in [5.74, 6) is -0.850. The molecule has 0 saturated carbocycles. The predicted octanol–water partition coefficient (Wildman–Crippen LogP) is 3.52. The lowest BCUT2D eigenvalue weighted by Gasteiger charge is -2.04. The molecule has 144 valence electrons. The first kappa shape index (κ1) is 19.1. The van der Waals surface area contributed by atoms with Crippen molar-refractivity contribution in [3.63, 3.8) is 0 Å². The predicted molar refractivity (Wildman–Crippen MR) is 102 cm³/mol.